The number of benzene rings is 1. The average Bonchev–Trinajstić information content (AvgIpc) is 2.70. The standard InChI is InChI=1S/C10H12FN3/c11-8-3-5-9(6-4-8)13-14-10-2-1-7-12-10/h3-6,13H,1-2,7H2,(H,12,14). The van der Waals surface area contributed by atoms with Crippen molar-refractivity contribution >= 4 is 11.5 Å². The highest BCUT2D eigenvalue weighted by atomic mass is 19.1. The number of nitrogens with one attached hydrogen (secondary N) is 2. The van der Waals surface area contributed by atoms with Crippen LogP contribution in [-0.4, -0.2) is 12.4 Å². The minimum absolute atomic E-state index is 0.228. The van der Waals surface area contributed by atoms with Crippen LogP contribution in [0.25, 0.3) is 0 Å². The molecule has 4 heteroatoms. The van der Waals surface area contributed by atoms with Crippen molar-refractivity contribution in [2.75, 3.05) is 12.0 Å². The molecule has 1 aromatic rings. The van der Waals surface area contributed by atoms with E-state index in [0.29, 0.717) is 0 Å². The fourth-order valence-electron chi connectivity index (χ4n) is 1.32. The molecule has 0 spiro atoms. The molecule has 0 fully saturated rings. The van der Waals surface area contributed by atoms with Gasteiger partial charge in [-0.25, -0.2) is 4.39 Å². The lowest BCUT2D eigenvalue weighted by Crippen LogP contribution is -2.27. The molecule has 1 aliphatic rings. The number of halogens is 1. The summed E-state index contributed by atoms with van der Waals surface area (Å²) in [6.45, 7) is 0.896. The number of hydrogen-bond acceptors (Lipinski definition) is 3. The van der Waals surface area contributed by atoms with Gasteiger partial charge in [0.15, 0.2) is 0 Å². The normalized spacial score (nSPS) is 15.1. The summed E-state index contributed by atoms with van der Waals surface area (Å²) < 4.78 is 12.6. The Hall–Kier alpha value is -1.58. The van der Waals surface area contributed by atoms with Gasteiger partial charge in [0.1, 0.15) is 11.7 Å². The Morgan fingerprint density at radius 1 is 1.14 bits per heavy atom. The zero-order chi connectivity index (χ0) is 9.80. The Labute approximate surface area is 82.0 Å². The fourth-order valence-corrected chi connectivity index (χ4v) is 1.32. The highest BCUT2D eigenvalue weighted by Gasteiger charge is 2.04. The third-order valence-corrected chi connectivity index (χ3v) is 2.07. The van der Waals surface area contributed by atoms with Crippen molar-refractivity contribution in [1.82, 2.24) is 5.43 Å². The molecule has 1 heterocycles. The first-order chi connectivity index (χ1) is 6.84. The highest BCUT2D eigenvalue weighted by molar-refractivity contribution is 5.84. The minimum Gasteiger partial charge on any atom is -0.300 e. The van der Waals surface area contributed by atoms with Crippen LogP contribution in [0, 0.1) is 5.82 Å². The monoisotopic (exact) mass is 193 g/mol. The number of hydrogen-bond donors (Lipinski definition) is 2. The number of nitrogens with zero attached hydrogens (tertiary/aromatic N) is 1. The lowest BCUT2D eigenvalue weighted by atomic mass is 10.3. The summed E-state index contributed by atoms with van der Waals surface area (Å²) in [5.41, 5.74) is 6.80. The summed E-state index contributed by atoms with van der Waals surface area (Å²) >= 11 is 0. The number of rotatable bonds is 2. The van der Waals surface area contributed by atoms with Crippen molar-refractivity contribution in [2.45, 2.75) is 12.8 Å². The molecule has 0 radical (unpaired) electrons. The first-order valence-corrected chi connectivity index (χ1v) is 4.65. The summed E-state index contributed by atoms with van der Waals surface area (Å²) in [4.78, 5) is 4.24. The second-order valence-electron chi connectivity index (χ2n) is 3.19. The molecular weight excluding hydrogens is 181 g/mol. The van der Waals surface area contributed by atoms with Gasteiger partial charge in [-0.05, 0) is 30.7 Å². The van der Waals surface area contributed by atoms with Crippen LogP contribution in [0.15, 0.2) is 29.3 Å². The summed E-state index contributed by atoms with van der Waals surface area (Å²) in [5.74, 6) is 0.739. The maximum atomic E-state index is 12.6. The van der Waals surface area contributed by atoms with E-state index in [2.05, 4.69) is 15.8 Å². The molecule has 0 saturated heterocycles. The van der Waals surface area contributed by atoms with E-state index in [1.165, 1.54) is 12.1 Å². The van der Waals surface area contributed by atoms with E-state index < -0.39 is 0 Å². The fraction of sp³-hybridized carbons (Fsp3) is 0.300. The summed E-state index contributed by atoms with van der Waals surface area (Å²) in [5, 5.41) is 0. The molecule has 0 saturated carbocycles. The molecule has 0 aromatic heterocycles. The molecule has 0 unspecified atom stereocenters. The number of amidine groups is 1. The zero-order valence-corrected chi connectivity index (χ0v) is 7.76. The van der Waals surface area contributed by atoms with E-state index in [1.807, 2.05) is 0 Å². The molecule has 3 nitrogen and oxygen atoms in total. The van der Waals surface area contributed by atoms with E-state index in [4.69, 9.17) is 0 Å². The van der Waals surface area contributed by atoms with Crippen molar-refractivity contribution in [3.8, 4) is 0 Å². The number of hydrazine groups is 1. The van der Waals surface area contributed by atoms with Crippen molar-refractivity contribution in [1.29, 1.82) is 0 Å². The Morgan fingerprint density at radius 3 is 2.57 bits per heavy atom. The van der Waals surface area contributed by atoms with Crippen LogP contribution < -0.4 is 10.9 Å². The van der Waals surface area contributed by atoms with Crippen LogP contribution >= 0.6 is 0 Å². The summed E-state index contributed by atoms with van der Waals surface area (Å²) in [6, 6.07) is 6.19. The van der Waals surface area contributed by atoms with Crippen molar-refractivity contribution in [3.63, 3.8) is 0 Å². The smallest absolute Gasteiger partial charge is 0.123 e. The van der Waals surface area contributed by atoms with Gasteiger partial charge < -0.3 is 0 Å². The second-order valence-corrected chi connectivity index (χ2v) is 3.19. The van der Waals surface area contributed by atoms with E-state index >= 15 is 0 Å². The lowest BCUT2D eigenvalue weighted by Gasteiger charge is -2.08. The van der Waals surface area contributed by atoms with Gasteiger partial charge in [-0.2, -0.15) is 0 Å². The van der Waals surface area contributed by atoms with Gasteiger partial charge in [0.05, 0.1) is 5.69 Å². The third-order valence-electron chi connectivity index (χ3n) is 2.07. The zero-order valence-electron chi connectivity index (χ0n) is 7.76. The predicted octanol–water partition coefficient (Wildman–Crippen LogP) is 1.93. The van der Waals surface area contributed by atoms with Crippen molar-refractivity contribution in [3.05, 3.63) is 30.1 Å². The molecule has 2 rings (SSSR count). The van der Waals surface area contributed by atoms with Crippen LogP contribution in [0.2, 0.25) is 0 Å². The van der Waals surface area contributed by atoms with Crippen LogP contribution in [-0.2, 0) is 0 Å². The molecule has 1 aliphatic heterocycles. The third kappa shape index (κ3) is 2.22. The largest absolute Gasteiger partial charge is 0.300 e. The minimum atomic E-state index is -0.228. The van der Waals surface area contributed by atoms with Crippen molar-refractivity contribution < 1.29 is 4.39 Å². The van der Waals surface area contributed by atoms with Gasteiger partial charge in [0, 0.05) is 13.0 Å². The van der Waals surface area contributed by atoms with Gasteiger partial charge in [0.2, 0.25) is 0 Å². The van der Waals surface area contributed by atoms with Crippen molar-refractivity contribution in [2.24, 2.45) is 4.99 Å². The van der Waals surface area contributed by atoms with Crippen LogP contribution in [0.3, 0.4) is 0 Å². The number of anilines is 1. The quantitative estimate of drug-likeness (QED) is 0.704. The molecule has 14 heavy (non-hydrogen) atoms. The summed E-state index contributed by atoms with van der Waals surface area (Å²) in [6.07, 6.45) is 2.08. The molecule has 0 aliphatic carbocycles. The van der Waals surface area contributed by atoms with Gasteiger partial charge >= 0.3 is 0 Å². The van der Waals surface area contributed by atoms with Crippen LogP contribution in [0.1, 0.15) is 12.8 Å². The Balaban J connectivity index is 1.88. The number of aliphatic imine (C=N–C) groups is 1. The molecule has 0 amide bonds. The Kier molecular flexibility index (Phi) is 2.62. The van der Waals surface area contributed by atoms with Crippen LogP contribution in [0.4, 0.5) is 10.1 Å². The van der Waals surface area contributed by atoms with Gasteiger partial charge in [0.25, 0.3) is 0 Å². The van der Waals surface area contributed by atoms with Gasteiger partial charge in [-0.1, -0.05) is 0 Å². The lowest BCUT2D eigenvalue weighted by molar-refractivity contribution is 0.628. The summed E-state index contributed by atoms with van der Waals surface area (Å²) in [7, 11) is 0. The molecular formula is C10H12FN3. The van der Waals surface area contributed by atoms with Gasteiger partial charge in [-0.15, -0.1) is 0 Å². The second kappa shape index (κ2) is 4.09. The first-order valence-electron chi connectivity index (χ1n) is 4.65. The predicted molar refractivity (Wildman–Crippen MR) is 54.7 cm³/mol. The molecule has 1 aromatic carbocycles. The van der Waals surface area contributed by atoms with Crippen LogP contribution in [0.5, 0.6) is 0 Å². The molecule has 0 bridgehead atoms. The molecule has 2 N–H and O–H groups in total. The highest BCUT2D eigenvalue weighted by Crippen LogP contribution is 2.07. The van der Waals surface area contributed by atoms with E-state index in [9.17, 15) is 4.39 Å². The Bertz CT molecular complexity index is 332. The van der Waals surface area contributed by atoms with E-state index in [0.717, 1.165) is 30.9 Å². The SMILES string of the molecule is Fc1ccc(NNC2=NCCC2)cc1. The molecule has 74 valence electrons. The topological polar surface area (TPSA) is 36.4 Å². The molecule has 0 atom stereocenters. The van der Waals surface area contributed by atoms with E-state index in [-0.39, 0.29) is 5.82 Å². The maximum Gasteiger partial charge on any atom is 0.123 e. The maximum absolute atomic E-state index is 12.6. The Morgan fingerprint density at radius 2 is 1.93 bits per heavy atom. The van der Waals surface area contributed by atoms with E-state index in [1.54, 1.807) is 12.1 Å². The average molecular weight is 193 g/mol. The van der Waals surface area contributed by atoms with Gasteiger partial charge in [-0.3, -0.25) is 15.8 Å². The first kappa shape index (κ1) is 8.99.